The van der Waals surface area contributed by atoms with E-state index in [0.717, 1.165) is 0 Å². The molecule has 3 heterocycles. The maximum atomic E-state index is 12.8. The first-order chi connectivity index (χ1) is 13.6. The van der Waals surface area contributed by atoms with Gasteiger partial charge in [-0.2, -0.15) is 4.98 Å². The summed E-state index contributed by atoms with van der Waals surface area (Å²) < 4.78 is 16.5. The Kier molecular flexibility index (Phi) is 4.92. The molecular formula is C20H19N3O5. The van der Waals surface area contributed by atoms with Crippen molar-refractivity contribution >= 4 is 16.9 Å². The smallest absolute Gasteiger partial charge is 0.319 e. The van der Waals surface area contributed by atoms with Crippen molar-refractivity contribution in [3.8, 4) is 11.9 Å². The maximum absolute atomic E-state index is 12.8. The van der Waals surface area contributed by atoms with Crippen molar-refractivity contribution in [3.63, 3.8) is 0 Å². The lowest BCUT2D eigenvalue weighted by molar-refractivity contribution is 0.0558. The Labute approximate surface area is 160 Å². The molecule has 8 nitrogen and oxygen atoms in total. The highest BCUT2D eigenvalue weighted by atomic mass is 16.5. The Bertz CT molecular complexity index is 1060. The predicted octanol–water partition coefficient (Wildman–Crippen LogP) is 2.28. The van der Waals surface area contributed by atoms with Crippen LogP contribution in [0.3, 0.4) is 0 Å². The van der Waals surface area contributed by atoms with Gasteiger partial charge in [0.15, 0.2) is 11.2 Å². The summed E-state index contributed by atoms with van der Waals surface area (Å²) in [7, 11) is 1.49. The number of benzene rings is 1. The number of fused-ring (bicyclic) bond motifs is 1. The first-order valence-corrected chi connectivity index (χ1v) is 9.00. The molecule has 0 aliphatic carbocycles. The van der Waals surface area contributed by atoms with E-state index in [1.165, 1.54) is 13.2 Å². The van der Waals surface area contributed by atoms with E-state index >= 15 is 0 Å². The molecule has 28 heavy (non-hydrogen) atoms. The quantitative estimate of drug-likeness (QED) is 0.684. The lowest BCUT2D eigenvalue weighted by atomic mass is 10.1. The number of hydrogen-bond acceptors (Lipinski definition) is 7. The van der Waals surface area contributed by atoms with Crippen molar-refractivity contribution in [1.82, 2.24) is 14.9 Å². The normalized spacial score (nSPS) is 14.8. The van der Waals surface area contributed by atoms with E-state index in [1.54, 1.807) is 41.4 Å². The first-order valence-electron chi connectivity index (χ1n) is 9.00. The van der Waals surface area contributed by atoms with Gasteiger partial charge in [0.1, 0.15) is 11.7 Å². The van der Waals surface area contributed by atoms with Crippen LogP contribution < -0.4 is 14.9 Å². The molecule has 1 aliphatic heterocycles. The Morgan fingerprint density at radius 3 is 2.79 bits per heavy atom. The number of amides is 1. The molecule has 0 unspecified atom stereocenters. The number of para-hydroxylation sites is 1. The molecule has 2 aromatic heterocycles. The fourth-order valence-corrected chi connectivity index (χ4v) is 3.20. The molecule has 4 rings (SSSR count). The number of carbonyl (C=O) groups is 1. The molecule has 1 amide bonds. The van der Waals surface area contributed by atoms with Gasteiger partial charge in [-0.3, -0.25) is 9.59 Å². The van der Waals surface area contributed by atoms with Crippen LogP contribution in [0.2, 0.25) is 0 Å². The number of rotatable bonds is 4. The summed E-state index contributed by atoms with van der Waals surface area (Å²) in [4.78, 5) is 34.7. The summed E-state index contributed by atoms with van der Waals surface area (Å²) in [5, 5.41) is 0.464. The van der Waals surface area contributed by atoms with Crippen molar-refractivity contribution < 1.29 is 18.7 Å². The minimum absolute atomic E-state index is 0.0589. The fourth-order valence-electron chi connectivity index (χ4n) is 3.20. The monoisotopic (exact) mass is 381 g/mol. The lowest BCUT2D eigenvalue weighted by Crippen LogP contribution is -2.42. The zero-order valence-corrected chi connectivity index (χ0v) is 15.3. The van der Waals surface area contributed by atoms with Crippen LogP contribution in [0.5, 0.6) is 11.9 Å². The Morgan fingerprint density at radius 1 is 1.21 bits per heavy atom. The SMILES string of the molecule is COc1nccc(OC2CCN(C(=O)c3cc(=O)c4ccccc4o3)CC2)n1. The van der Waals surface area contributed by atoms with E-state index in [4.69, 9.17) is 13.9 Å². The standard InChI is InChI=1S/C20H19N3O5/c1-26-20-21-9-6-18(22-20)27-13-7-10-23(11-8-13)19(25)17-12-15(24)14-4-2-3-5-16(14)28-17/h2-6,9,12-13H,7-8,10-11H2,1H3. The maximum Gasteiger partial charge on any atom is 0.319 e. The third-order valence-corrected chi connectivity index (χ3v) is 4.65. The molecule has 0 radical (unpaired) electrons. The predicted molar refractivity (Wildman–Crippen MR) is 101 cm³/mol. The van der Waals surface area contributed by atoms with Crippen LogP contribution in [0.1, 0.15) is 23.4 Å². The minimum atomic E-state index is -0.287. The van der Waals surface area contributed by atoms with Crippen LogP contribution in [0.25, 0.3) is 11.0 Å². The molecule has 0 saturated carbocycles. The molecule has 0 atom stereocenters. The minimum Gasteiger partial charge on any atom is -0.474 e. The highest BCUT2D eigenvalue weighted by Gasteiger charge is 2.27. The van der Waals surface area contributed by atoms with Gasteiger partial charge in [0.05, 0.1) is 12.5 Å². The van der Waals surface area contributed by atoms with Crippen LogP contribution in [-0.2, 0) is 0 Å². The molecule has 1 aliphatic rings. The van der Waals surface area contributed by atoms with Gasteiger partial charge in [0, 0.05) is 44.3 Å². The van der Waals surface area contributed by atoms with Crippen molar-refractivity contribution in [1.29, 1.82) is 0 Å². The molecule has 3 aromatic rings. The third-order valence-electron chi connectivity index (χ3n) is 4.65. The van der Waals surface area contributed by atoms with E-state index < -0.39 is 0 Å². The number of aromatic nitrogens is 2. The van der Waals surface area contributed by atoms with Gasteiger partial charge in [0.2, 0.25) is 5.88 Å². The van der Waals surface area contributed by atoms with E-state index in [1.807, 2.05) is 0 Å². The lowest BCUT2D eigenvalue weighted by Gasteiger charge is -2.31. The summed E-state index contributed by atoms with van der Waals surface area (Å²) in [5.41, 5.74) is 0.190. The van der Waals surface area contributed by atoms with Gasteiger partial charge < -0.3 is 18.8 Å². The third kappa shape index (κ3) is 3.66. The molecule has 1 fully saturated rings. The summed E-state index contributed by atoms with van der Waals surface area (Å²) in [5.74, 6) is 0.214. The van der Waals surface area contributed by atoms with Crippen LogP contribution in [0, 0.1) is 0 Å². The second-order valence-corrected chi connectivity index (χ2v) is 6.46. The number of nitrogens with zero attached hydrogens (tertiary/aromatic N) is 3. The van der Waals surface area contributed by atoms with E-state index in [9.17, 15) is 9.59 Å². The number of ether oxygens (including phenoxy) is 2. The van der Waals surface area contributed by atoms with Gasteiger partial charge in [-0.15, -0.1) is 0 Å². The van der Waals surface area contributed by atoms with Crippen LogP contribution in [-0.4, -0.2) is 47.1 Å². The molecule has 0 N–H and O–H groups in total. The second-order valence-electron chi connectivity index (χ2n) is 6.46. The van der Waals surface area contributed by atoms with Crippen molar-refractivity contribution in [2.24, 2.45) is 0 Å². The van der Waals surface area contributed by atoms with Crippen molar-refractivity contribution in [2.45, 2.75) is 18.9 Å². The zero-order chi connectivity index (χ0) is 19.5. The number of hydrogen-bond donors (Lipinski definition) is 0. The van der Waals surface area contributed by atoms with E-state index in [2.05, 4.69) is 9.97 Å². The highest BCUT2D eigenvalue weighted by Crippen LogP contribution is 2.20. The summed E-state index contributed by atoms with van der Waals surface area (Å²) in [6, 6.07) is 10.1. The average Bonchev–Trinajstić information content (AvgIpc) is 2.74. The summed E-state index contributed by atoms with van der Waals surface area (Å²) >= 11 is 0. The number of likely N-dealkylation sites (tertiary alicyclic amines) is 1. The largest absolute Gasteiger partial charge is 0.474 e. The average molecular weight is 381 g/mol. The van der Waals surface area contributed by atoms with Crippen LogP contribution >= 0.6 is 0 Å². The Balaban J connectivity index is 1.42. The Morgan fingerprint density at radius 2 is 2.00 bits per heavy atom. The van der Waals surface area contributed by atoms with Gasteiger partial charge in [-0.25, -0.2) is 4.98 Å². The Hall–Kier alpha value is -3.42. The molecule has 1 saturated heterocycles. The molecule has 8 heteroatoms. The van der Waals surface area contributed by atoms with E-state index in [-0.39, 0.29) is 29.2 Å². The van der Waals surface area contributed by atoms with Crippen molar-refractivity contribution in [3.05, 3.63) is 58.6 Å². The zero-order valence-electron chi connectivity index (χ0n) is 15.3. The van der Waals surface area contributed by atoms with Crippen LogP contribution in [0.4, 0.5) is 0 Å². The molecule has 0 spiro atoms. The highest BCUT2D eigenvalue weighted by molar-refractivity contribution is 5.93. The molecule has 0 bridgehead atoms. The van der Waals surface area contributed by atoms with Crippen molar-refractivity contribution in [2.75, 3.05) is 20.2 Å². The topological polar surface area (TPSA) is 94.8 Å². The summed E-state index contributed by atoms with van der Waals surface area (Å²) in [6.07, 6.45) is 2.81. The number of piperidine rings is 1. The first kappa shape index (κ1) is 18.0. The van der Waals surface area contributed by atoms with Gasteiger partial charge in [-0.05, 0) is 12.1 Å². The van der Waals surface area contributed by atoms with Crippen LogP contribution in [0.15, 0.2) is 51.8 Å². The fraction of sp³-hybridized carbons (Fsp3) is 0.300. The second kappa shape index (κ2) is 7.67. The van der Waals surface area contributed by atoms with E-state index in [0.29, 0.717) is 42.8 Å². The molecule has 144 valence electrons. The van der Waals surface area contributed by atoms with Gasteiger partial charge in [-0.1, -0.05) is 12.1 Å². The molecule has 1 aromatic carbocycles. The van der Waals surface area contributed by atoms with Gasteiger partial charge in [0.25, 0.3) is 5.91 Å². The number of methoxy groups -OCH3 is 1. The summed E-state index contributed by atoms with van der Waals surface area (Å²) in [6.45, 7) is 1.00. The number of carbonyl (C=O) groups excluding carboxylic acids is 1. The van der Waals surface area contributed by atoms with Gasteiger partial charge >= 0.3 is 6.01 Å². The molecular weight excluding hydrogens is 362 g/mol.